The molecule has 1 nitrogen and oxygen atoms in total. The van der Waals surface area contributed by atoms with E-state index in [1.165, 1.54) is 32.1 Å². The zero-order valence-electron chi connectivity index (χ0n) is 9.00. The summed E-state index contributed by atoms with van der Waals surface area (Å²) in [5.74, 6) is 3.80. The van der Waals surface area contributed by atoms with Crippen LogP contribution >= 0.6 is 0 Å². The van der Waals surface area contributed by atoms with Crippen molar-refractivity contribution < 1.29 is 0 Å². The van der Waals surface area contributed by atoms with Gasteiger partial charge in [-0.05, 0) is 55.8 Å². The van der Waals surface area contributed by atoms with E-state index in [-0.39, 0.29) is 0 Å². The molecule has 2 fully saturated rings. The summed E-state index contributed by atoms with van der Waals surface area (Å²) in [5, 5.41) is 0. The summed E-state index contributed by atoms with van der Waals surface area (Å²) in [6.45, 7) is 4.74. The van der Waals surface area contributed by atoms with Crippen LogP contribution in [0.2, 0.25) is 0 Å². The number of hydrogen-bond donors (Lipinski definition) is 1. The van der Waals surface area contributed by atoms with Gasteiger partial charge in [0, 0.05) is 6.04 Å². The molecule has 2 saturated carbocycles. The highest BCUT2D eigenvalue weighted by Gasteiger charge is 2.41. The number of rotatable bonds is 2. The lowest BCUT2D eigenvalue weighted by Gasteiger charge is -2.31. The number of hydrogen-bond acceptors (Lipinski definition) is 1. The smallest absolute Gasteiger partial charge is 0.00737 e. The van der Waals surface area contributed by atoms with Crippen LogP contribution in [0.15, 0.2) is 0 Å². The Kier molecular flexibility index (Phi) is 2.64. The highest BCUT2D eigenvalue weighted by molar-refractivity contribution is 4.96. The van der Waals surface area contributed by atoms with Gasteiger partial charge < -0.3 is 5.73 Å². The van der Waals surface area contributed by atoms with E-state index >= 15 is 0 Å². The molecule has 0 aromatic carbocycles. The Labute approximate surface area is 82.1 Å². The van der Waals surface area contributed by atoms with E-state index in [4.69, 9.17) is 5.73 Å². The molecule has 0 bridgehead atoms. The van der Waals surface area contributed by atoms with E-state index < -0.39 is 0 Å². The lowest BCUT2D eigenvalue weighted by atomic mass is 9.75. The third-order valence-electron chi connectivity index (χ3n) is 4.26. The van der Waals surface area contributed by atoms with Crippen molar-refractivity contribution in [2.45, 2.75) is 52.0 Å². The second-order valence-corrected chi connectivity index (χ2v) is 5.48. The summed E-state index contributed by atoms with van der Waals surface area (Å²) in [5.41, 5.74) is 5.89. The molecule has 13 heavy (non-hydrogen) atoms. The SMILES string of the molecule is CC(C)C1CCC(C2CC2N)CC1. The van der Waals surface area contributed by atoms with Crippen molar-refractivity contribution >= 4 is 0 Å². The van der Waals surface area contributed by atoms with Gasteiger partial charge in [0.15, 0.2) is 0 Å². The maximum absolute atomic E-state index is 5.89. The van der Waals surface area contributed by atoms with Gasteiger partial charge in [-0.15, -0.1) is 0 Å². The van der Waals surface area contributed by atoms with Gasteiger partial charge in [-0.25, -0.2) is 0 Å². The molecule has 2 unspecified atom stereocenters. The molecule has 2 aliphatic carbocycles. The standard InChI is InChI=1S/C12H23N/c1-8(2)9-3-5-10(6-4-9)11-7-12(11)13/h8-12H,3-7,13H2,1-2H3. The second kappa shape index (κ2) is 3.61. The molecular formula is C12H23N. The highest BCUT2D eigenvalue weighted by Crippen LogP contribution is 2.45. The summed E-state index contributed by atoms with van der Waals surface area (Å²) in [7, 11) is 0. The van der Waals surface area contributed by atoms with Gasteiger partial charge in [0.2, 0.25) is 0 Å². The van der Waals surface area contributed by atoms with Gasteiger partial charge in [-0.1, -0.05) is 13.8 Å². The van der Waals surface area contributed by atoms with Gasteiger partial charge in [0.25, 0.3) is 0 Å². The Morgan fingerprint density at radius 3 is 2.00 bits per heavy atom. The van der Waals surface area contributed by atoms with Crippen molar-refractivity contribution in [1.82, 2.24) is 0 Å². The molecule has 2 rings (SSSR count). The normalized spacial score (nSPS) is 45.2. The van der Waals surface area contributed by atoms with Crippen molar-refractivity contribution in [3.05, 3.63) is 0 Å². The Hall–Kier alpha value is -0.0400. The van der Waals surface area contributed by atoms with Gasteiger partial charge in [0.1, 0.15) is 0 Å². The first-order chi connectivity index (χ1) is 6.18. The van der Waals surface area contributed by atoms with Crippen molar-refractivity contribution in [2.24, 2.45) is 29.4 Å². The van der Waals surface area contributed by atoms with Crippen LogP contribution in [0.4, 0.5) is 0 Å². The van der Waals surface area contributed by atoms with E-state index in [0.29, 0.717) is 6.04 Å². The molecule has 0 heterocycles. The van der Waals surface area contributed by atoms with Crippen molar-refractivity contribution in [2.75, 3.05) is 0 Å². The Morgan fingerprint density at radius 2 is 1.62 bits per heavy atom. The average molecular weight is 181 g/mol. The lowest BCUT2D eigenvalue weighted by Crippen LogP contribution is -2.21. The van der Waals surface area contributed by atoms with Crippen molar-refractivity contribution in [3.8, 4) is 0 Å². The van der Waals surface area contributed by atoms with Crippen molar-refractivity contribution in [1.29, 1.82) is 0 Å². The summed E-state index contributed by atoms with van der Waals surface area (Å²) < 4.78 is 0. The van der Waals surface area contributed by atoms with Gasteiger partial charge in [-0.3, -0.25) is 0 Å². The summed E-state index contributed by atoms with van der Waals surface area (Å²) in [4.78, 5) is 0. The quantitative estimate of drug-likeness (QED) is 0.696. The van der Waals surface area contributed by atoms with Crippen LogP contribution in [-0.2, 0) is 0 Å². The average Bonchev–Trinajstić information content (AvgIpc) is 2.83. The van der Waals surface area contributed by atoms with Gasteiger partial charge in [0.05, 0.1) is 0 Å². The van der Waals surface area contributed by atoms with Crippen molar-refractivity contribution in [3.63, 3.8) is 0 Å². The monoisotopic (exact) mass is 181 g/mol. The first-order valence-corrected chi connectivity index (χ1v) is 5.94. The van der Waals surface area contributed by atoms with E-state index in [2.05, 4.69) is 13.8 Å². The lowest BCUT2D eigenvalue weighted by molar-refractivity contribution is 0.207. The predicted molar refractivity (Wildman–Crippen MR) is 56.4 cm³/mol. The van der Waals surface area contributed by atoms with E-state index in [9.17, 15) is 0 Å². The van der Waals surface area contributed by atoms with Crippen LogP contribution in [0.25, 0.3) is 0 Å². The molecule has 2 aliphatic rings. The largest absolute Gasteiger partial charge is 0.327 e. The van der Waals surface area contributed by atoms with E-state index in [1.807, 2.05) is 0 Å². The summed E-state index contributed by atoms with van der Waals surface area (Å²) in [6.07, 6.45) is 7.16. The molecule has 0 aromatic heterocycles. The minimum atomic E-state index is 0.570. The molecule has 2 atom stereocenters. The van der Waals surface area contributed by atoms with Crippen LogP contribution in [0, 0.1) is 23.7 Å². The molecule has 0 aromatic rings. The first kappa shape index (κ1) is 9.51. The topological polar surface area (TPSA) is 26.0 Å². The first-order valence-electron chi connectivity index (χ1n) is 5.94. The molecule has 1 heteroatoms. The zero-order valence-corrected chi connectivity index (χ0v) is 9.00. The molecule has 0 aliphatic heterocycles. The summed E-state index contributed by atoms with van der Waals surface area (Å²) in [6, 6.07) is 0.570. The number of nitrogens with two attached hydrogens (primary N) is 1. The third-order valence-corrected chi connectivity index (χ3v) is 4.26. The minimum Gasteiger partial charge on any atom is -0.327 e. The molecule has 0 saturated heterocycles. The van der Waals surface area contributed by atoms with Gasteiger partial charge in [-0.2, -0.15) is 0 Å². The Balaban J connectivity index is 1.76. The molecule has 76 valence electrons. The maximum Gasteiger partial charge on any atom is 0.00737 e. The van der Waals surface area contributed by atoms with Crippen LogP contribution in [0.1, 0.15) is 46.0 Å². The molecular weight excluding hydrogens is 158 g/mol. The molecule has 0 radical (unpaired) electrons. The van der Waals surface area contributed by atoms with E-state index in [1.54, 1.807) is 0 Å². The third kappa shape index (κ3) is 2.07. The zero-order chi connectivity index (χ0) is 9.42. The Morgan fingerprint density at radius 1 is 1.08 bits per heavy atom. The fraction of sp³-hybridized carbons (Fsp3) is 1.00. The highest BCUT2D eigenvalue weighted by atomic mass is 14.8. The fourth-order valence-electron chi connectivity index (χ4n) is 3.02. The van der Waals surface area contributed by atoms with Gasteiger partial charge >= 0.3 is 0 Å². The second-order valence-electron chi connectivity index (χ2n) is 5.48. The molecule has 0 spiro atoms. The minimum absolute atomic E-state index is 0.570. The summed E-state index contributed by atoms with van der Waals surface area (Å²) >= 11 is 0. The molecule has 0 amide bonds. The van der Waals surface area contributed by atoms with Crippen LogP contribution in [0.3, 0.4) is 0 Å². The molecule has 2 N–H and O–H groups in total. The predicted octanol–water partition coefficient (Wildman–Crippen LogP) is 2.80. The van der Waals surface area contributed by atoms with Crippen LogP contribution < -0.4 is 5.73 Å². The fourth-order valence-corrected chi connectivity index (χ4v) is 3.02. The van der Waals surface area contributed by atoms with Crippen LogP contribution in [0.5, 0.6) is 0 Å². The Bertz CT molecular complexity index is 168. The van der Waals surface area contributed by atoms with Crippen LogP contribution in [-0.4, -0.2) is 6.04 Å². The van der Waals surface area contributed by atoms with E-state index in [0.717, 1.165) is 23.7 Å². The maximum atomic E-state index is 5.89.